The van der Waals surface area contributed by atoms with Gasteiger partial charge in [-0.3, -0.25) is 9.59 Å². The van der Waals surface area contributed by atoms with Gasteiger partial charge in [0.1, 0.15) is 11.1 Å². The van der Waals surface area contributed by atoms with Gasteiger partial charge in [0.2, 0.25) is 5.88 Å². The zero-order valence-corrected chi connectivity index (χ0v) is 16.9. The number of nitrogens with zero attached hydrogens (tertiary/aromatic N) is 3. The second kappa shape index (κ2) is 8.54. The van der Waals surface area contributed by atoms with E-state index in [0.717, 1.165) is 16.5 Å². The summed E-state index contributed by atoms with van der Waals surface area (Å²) in [6.45, 7) is 6.34. The molecule has 8 nitrogen and oxygen atoms in total. The molecule has 1 N–H and O–H groups in total. The molecule has 4 heterocycles. The van der Waals surface area contributed by atoms with Crippen LogP contribution in [0.1, 0.15) is 16.8 Å². The van der Waals surface area contributed by atoms with Crippen molar-refractivity contribution in [1.82, 2.24) is 19.4 Å². The van der Waals surface area contributed by atoms with Gasteiger partial charge in [-0.05, 0) is 18.6 Å². The molecule has 1 amide bonds. The first kappa shape index (κ1) is 19.9. The number of aromatic nitrogens is 3. The fraction of sp³-hybridized carbons (Fsp3) is 0.318. The minimum Gasteiger partial charge on any atom is -0.480 e. The summed E-state index contributed by atoms with van der Waals surface area (Å²) in [4.78, 5) is 35.0. The van der Waals surface area contributed by atoms with Gasteiger partial charge in [0.05, 0.1) is 20.3 Å². The van der Waals surface area contributed by atoms with Gasteiger partial charge in [0.25, 0.3) is 11.5 Å². The first-order chi connectivity index (χ1) is 14.6. The van der Waals surface area contributed by atoms with Crippen molar-refractivity contribution in [2.45, 2.75) is 13.0 Å². The highest BCUT2D eigenvalue weighted by atomic mass is 16.5. The summed E-state index contributed by atoms with van der Waals surface area (Å²) in [6, 6.07) is 3.64. The molecular weight excluding hydrogens is 384 g/mol. The summed E-state index contributed by atoms with van der Waals surface area (Å²) in [5, 5.41) is 0.784. The van der Waals surface area contributed by atoms with Crippen LogP contribution in [0.2, 0.25) is 0 Å². The molecule has 0 atom stereocenters. The monoisotopic (exact) mass is 408 g/mol. The minimum atomic E-state index is -0.144. The topological polar surface area (TPSA) is 89.4 Å². The van der Waals surface area contributed by atoms with Crippen molar-refractivity contribution in [3.63, 3.8) is 0 Å². The summed E-state index contributed by atoms with van der Waals surface area (Å²) in [5.74, 6) is 0.135. The van der Waals surface area contributed by atoms with Crippen molar-refractivity contribution >= 4 is 16.8 Å². The Balaban J connectivity index is 1.82. The molecule has 0 bridgehead atoms. The molecule has 0 aliphatic carbocycles. The van der Waals surface area contributed by atoms with Crippen molar-refractivity contribution in [3.8, 4) is 17.0 Å². The molecule has 0 aromatic carbocycles. The van der Waals surface area contributed by atoms with Crippen molar-refractivity contribution in [2.75, 3.05) is 33.4 Å². The number of allylic oxidation sites excluding steroid dienone is 1. The molecule has 1 aliphatic heterocycles. The first-order valence-corrected chi connectivity index (χ1v) is 9.87. The van der Waals surface area contributed by atoms with Gasteiger partial charge in [-0.15, -0.1) is 6.58 Å². The largest absolute Gasteiger partial charge is 0.480 e. The number of rotatable bonds is 6. The maximum atomic E-state index is 13.1. The van der Waals surface area contributed by atoms with E-state index >= 15 is 0 Å². The van der Waals surface area contributed by atoms with Crippen LogP contribution in [0, 0.1) is 0 Å². The normalized spacial score (nSPS) is 14.1. The van der Waals surface area contributed by atoms with Gasteiger partial charge < -0.3 is 23.9 Å². The van der Waals surface area contributed by atoms with Gasteiger partial charge in [-0.1, -0.05) is 6.08 Å². The molecule has 3 aromatic rings. The summed E-state index contributed by atoms with van der Waals surface area (Å²) in [7, 11) is 1.50. The number of morpholine rings is 1. The fourth-order valence-corrected chi connectivity index (χ4v) is 3.68. The third kappa shape index (κ3) is 3.61. The second-order valence-corrected chi connectivity index (χ2v) is 7.07. The number of carbonyl (C=O) groups excluding carboxylic acids is 1. The van der Waals surface area contributed by atoms with E-state index in [4.69, 9.17) is 9.47 Å². The first-order valence-electron chi connectivity index (χ1n) is 9.87. The van der Waals surface area contributed by atoms with Crippen LogP contribution in [-0.2, 0) is 11.3 Å². The van der Waals surface area contributed by atoms with E-state index < -0.39 is 0 Å². The molecule has 1 saturated heterocycles. The third-order valence-electron chi connectivity index (χ3n) is 5.26. The number of H-pyrrole nitrogens is 1. The molecule has 0 radical (unpaired) electrons. The van der Waals surface area contributed by atoms with Crippen LogP contribution in [0.5, 0.6) is 5.88 Å². The highest BCUT2D eigenvalue weighted by molar-refractivity contribution is 6.00. The number of hydrogen-bond acceptors (Lipinski definition) is 5. The zero-order valence-electron chi connectivity index (χ0n) is 16.9. The van der Waals surface area contributed by atoms with Crippen LogP contribution >= 0.6 is 0 Å². The van der Waals surface area contributed by atoms with Crippen LogP contribution in [0.25, 0.3) is 22.0 Å². The summed E-state index contributed by atoms with van der Waals surface area (Å²) < 4.78 is 12.4. The molecule has 4 rings (SSSR count). The maximum absolute atomic E-state index is 13.1. The Hall–Kier alpha value is -3.39. The third-order valence-corrected chi connectivity index (χ3v) is 5.26. The van der Waals surface area contributed by atoms with Crippen LogP contribution in [-0.4, -0.2) is 58.8 Å². The lowest BCUT2D eigenvalue weighted by molar-refractivity contribution is 0.0300. The summed E-state index contributed by atoms with van der Waals surface area (Å²) in [5.41, 5.74) is 2.38. The van der Waals surface area contributed by atoms with Gasteiger partial charge in [-0.25, -0.2) is 4.98 Å². The molecule has 0 spiro atoms. The van der Waals surface area contributed by atoms with E-state index in [-0.39, 0.29) is 17.3 Å². The van der Waals surface area contributed by atoms with E-state index in [0.29, 0.717) is 50.3 Å². The summed E-state index contributed by atoms with van der Waals surface area (Å²) >= 11 is 0. The molecular formula is C22H24N4O4. The SMILES string of the molecule is C=CCCn1cc(-c2cnc(OC)c(C(=O)N3CCOCC3)c2)c2cc[nH]c2c1=O. The Kier molecular flexibility index (Phi) is 5.67. The van der Waals surface area contributed by atoms with Crippen molar-refractivity contribution in [1.29, 1.82) is 0 Å². The van der Waals surface area contributed by atoms with Crippen molar-refractivity contribution < 1.29 is 14.3 Å². The van der Waals surface area contributed by atoms with E-state index in [1.807, 2.05) is 12.3 Å². The zero-order chi connectivity index (χ0) is 21.1. The molecule has 3 aromatic heterocycles. The molecule has 0 unspecified atom stereocenters. The second-order valence-electron chi connectivity index (χ2n) is 7.07. The number of nitrogens with one attached hydrogen (secondary N) is 1. The number of hydrogen-bond donors (Lipinski definition) is 1. The number of ether oxygens (including phenoxy) is 2. The molecule has 156 valence electrons. The lowest BCUT2D eigenvalue weighted by atomic mass is 10.0. The maximum Gasteiger partial charge on any atom is 0.274 e. The Morgan fingerprint density at radius 2 is 2.20 bits per heavy atom. The quantitative estimate of drug-likeness (QED) is 0.633. The number of pyridine rings is 2. The standard InChI is InChI=1S/C22H24N4O4/c1-3-4-7-26-14-18(16-5-6-23-19(16)22(26)28)15-12-17(20(29-2)24-13-15)21(27)25-8-10-30-11-9-25/h3,5-6,12-14,23H,1,4,7-11H2,2H3. The van der Waals surface area contributed by atoms with Gasteiger partial charge >= 0.3 is 0 Å². The number of carbonyl (C=O) groups is 1. The van der Waals surface area contributed by atoms with E-state index in [1.165, 1.54) is 7.11 Å². The van der Waals surface area contributed by atoms with Crippen molar-refractivity contribution in [3.05, 3.63) is 59.3 Å². The molecule has 30 heavy (non-hydrogen) atoms. The van der Waals surface area contributed by atoms with Gasteiger partial charge in [0.15, 0.2) is 0 Å². The molecule has 0 saturated carbocycles. The lowest BCUT2D eigenvalue weighted by Crippen LogP contribution is -2.40. The number of aromatic amines is 1. The Morgan fingerprint density at radius 1 is 1.40 bits per heavy atom. The molecule has 1 fully saturated rings. The van der Waals surface area contributed by atoms with E-state index in [2.05, 4.69) is 16.5 Å². The highest BCUT2D eigenvalue weighted by Crippen LogP contribution is 2.30. The summed E-state index contributed by atoms with van der Waals surface area (Å²) in [6.07, 6.45) is 7.67. The Morgan fingerprint density at radius 3 is 2.93 bits per heavy atom. The molecule has 8 heteroatoms. The molecule has 1 aliphatic rings. The minimum absolute atomic E-state index is 0.0910. The highest BCUT2D eigenvalue weighted by Gasteiger charge is 2.24. The van der Waals surface area contributed by atoms with Crippen LogP contribution in [0.15, 0.2) is 48.2 Å². The van der Waals surface area contributed by atoms with Crippen molar-refractivity contribution in [2.24, 2.45) is 0 Å². The van der Waals surface area contributed by atoms with E-state index in [1.54, 1.807) is 34.0 Å². The average Bonchev–Trinajstić information content (AvgIpc) is 3.29. The predicted molar refractivity (Wildman–Crippen MR) is 114 cm³/mol. The smallest absolute Gasteiger partial charge is 0.274 e. The van der Waals surface area contributed by atoms with E-state index in [9.17, 15) is 9.59 Å². The Labute approximate surface area is 173 Å². The lowest BCUT2D eigenvalue weighted by Gasteiger charge is -2.27. The van der Waals surface area contributed by atoms with Gasteiger partial charge in [-0.2, -0.15) is 0 Å². The number of methoxy groups -OCH3 is 1. The number of fused-ring (bicyclic) bond motifs is 1. The number of aryl methyl sites for hydroxylation is 1. The van der Waals surface area contributed by atoms with Crippen LogP contribution in [0.3, 0.4) is 0 Å². The average molecular weight is 408 g/mol. The Bertz CT molecular complexity index is 1140. The number of amides is 1. The predicted octanol–water partition coefficient (Wildman–Crippen LogP) is 2.45. The van der Waals surface area contributed by atoms with Crippen LogP contribution in [0.4, 0.5) is 0 Å². The fourth-order valence-electron chi connectivity index (χ4n) is 3.68. The van der Waals surface area contributed by atoms with Crippen LogP contribution < -0.4 is 10.3 Å². The van der Waals surface area contributed by atoms with Gasteiger partial charge in [0, 0.05) is 54.7 Å².